The summed E-state index contributed by atoms with van der Waals surface area (Å²) in [6, 6.07) is 7.68. The molecule has 110 valence electrons. The maximum atomic E-state index is 12.1. The number of halogens is 1. The Balaban J connectivity index is 1.87. The molecule has 1 aliphatic rings. The maximum Gasteiger partial charge on any atom is 0.348 e. The van der Waals surface area contributed by atoms with Gasteiger partial charge in [-0.05, 0) is 42.3 Å². The Morgan fingerprint density at radius 3 is 2.71 bits per heavy atom. The smallest absolute Gasteiger partial charge is 0.348 e. The average molecular weight is 344 g/mol. The third kappa shape index (κ3) is 3.04. The molecule has 1 aromatic heterocycles. The predicted octanol–water partition coefficient (Wildman–Crippen LogP) is 3.05. The van der Waals surface area contributed by atoms with Crippen LogP contribution in [0.5, 0.6) is 5.75 Å². The van der Waals surface area contributed by atoms with Crippen LogP contribution in [0.1, 0.15) is 12.0 Å². The molecule has 0 fully saturated rings. The fourth-order valence-electron chi connectivity index (χ4n) is 2.01. The van der Waals surface area contributed by atoms with Crippen molar-refractivity contribution >= 4 is 44.7 Å². The van der Waals surface area contributed by atoms with Gasteiger partial charge in [-0.3, -0.25) is 4.79 Å². The van der Waals surface area contributed by atoms with E-state index in [-0.39, 0.29) is 15.9 Å². The molecule has 1 amide bonds. The van der Waals surface area contributed by atoms with E-state index in [1.165, 1.54) is 18.2 Å². The van der Waals surface area contributed by atoms with E-state index in [4.69, 9.17) is 15.8 Å². The molecule has 2 heterocycles. The second-order valence-electron chi connectivity index (χ2n) is 4.46. The SMILES string of the molecule is O=C1CCc2cc(OS(=O)(=O)c3ccc(Cl)s3)ccc2N1. The van der Waals surface area contributed by atoms with Crippen LogP contribution < -0.4 is 9.50 Å². The number of hydrogen-bond donors (Lipinski definition) is 1. The Labute approximate surface area is 130 Å². The van der Waals surface area contributed by atoms with Crippen molar-refractivity contribution in [3.8, 4) is 5.75 Å². The largest absolute Gasteiger partial charge is 0.378 e. The van der Waals surface area contributed by atoms with E-state index >= 15 is 0 Å². The minimum atomic E-state index is -3.88. The molecule has 0 radical (unpaired) electrons. The number of thiophene rings is 1. The molecule has 2 aromatic rings. The molecule has 1 aromatic carbocycles. The van der Waals surface area contributed by atoms with Crippen LogP contribution >= 0.6 is 22.9 Å². The van der Waals surface area contributed by atoms with Crippen LogP contribution in [0.2, 0.25) is 4.34 Å². The fraction of sp³-hybridized carbons (Fsp3) is 0.154. The number of amides is 1. The van der Waals surface area contributed by atoms with Gasteiger partial charge in [-0.15, -0.1) is 11.3 Å². The highest BCUT2D eigenvalue weighted by Gasteiger charge is 2.21. The zero-order valence-electron chi connectivity index (χ0n) is 10.6. The van der Waals surface area contributed by atoms with Gasteiger partial charge in [-0.2, -0.15) is 8.42 Å². The highest BCUT2D eigenvalue weighted by atomic mass is 35.5. The zero-order chi connectivity index (χ0) is 15.0. The molecule has 0 aliphatic carbocycles. The van der Waals surface area contributed by atoms with Crippen molar-refractivity contribution in [2.75, 3.05) is 5.32 Å². The van der Waals surface area contributed by atoms with Crippen LogP contribution in [0.3, 0.4) is 0 Å². The Kier molecular flexibility index (Phi) is 3.64. The van der Waals surface area contributed by atoms with Crippen LogP contribution in [0, 0.1) is 0 Å². The fourth-order valence-corrected chi connectivity index (χ4v) is 4.38. The lowest BCUT2D eigenvalue weighted by molar-refractivity contribution is -0.116. The molecule has 21 heavy (non-hydrogen) atoms. The summed E-state index contributed by atoms with van der Waals surface area (Å²) in [6.07, 6.45) is 0.937. The number of carbonyl (C=O) groups is 1. The molecule has 0 unspecified atom stereocenters. The number of aryl methyl sites for hydroxylation is 1. The molecular weight excluding hydrogens is 334 g/mol. The number of nitrogens with one attached hydrogen (secondary N) is 1. The van der Waals surface area contributed by atoms with E-state index in [9.17, 15) is 13.2 Å². The Morgan fingerprint density at radius 2 is 2.00 bits per heavy atom. The van der Waals surface area contributed by atoms with Gasteiger partial charge >= 0.3 is 10.1 Å². The first-order valence-corrected chi connectivity index (χ1v) is 8.67. The molecule has 3 rings (SSSR count). The van der Waals surface area contributed by atoms with Crippen molar-refractivity contribution in [3.05, 3.63) is 40.2 Å². The third-order valence-electron chi connectivity index (χ3n) is 2.97. The highest BCUT2D eigenvalue weighted by molar-refractivity contribution is 7.89. The van der Waals surface area contributed by atoms with Gasteiger partial charge in [0.1, 0.15) is 5.75 Å². The number of fused-ring (bicyclic) bond motifs is 1. The maximum absolute atomic E-state index is 12.1. The third-order valence-corrected chi connectivity index (χ3v) is 5.90. The molecular formula is C13H10ClNO4S2. The topological polar surface area (TPSA) is 72.5 Å². The summed E-state index contributed by atoms with van der Waals surface area (Å²) in [4.78, 5) is 11.3. The first kappa shape index (κ1) is 14.4. The van der Waals surface area contributed by atoms with Crippen molar-refractivity contribution in [2.24, 2.45) is 0 Å². The summed E-state index contributed by atoms with van der Waals surface area (Å²) in [5.74, 6) is 0.173. The Bertz CT molecular complexity index is 813. The van der Waals surface area contributed by atoms with E-state index in [0.717, 1.165) is 16.9 Å². The van der Waals surface area contributed by atoms with E-state index in [1.54, 1.807) is 12.1 Å². The lowest BCUT2D eigenvalue weighted by Gasteiger charge is -2.17. The van der Waals surface area contributed by atoms with E-state index in [2.05, 4.69) is 5.32 Å². The standard InChI is InChI=1S/C13H10ClNO4S2/c14-11-4-6-13(20-11)21(17,18)19-9-2-3-10-8(7-9)1-5-12(16)15-10/h2-4,6-7H,1,5H2,(H,15,16). The monoisotopic (exact) mass is 343 g/mol. The summed E-state index contributed by atoms with van der Waals surface area (Å²) in [7, 11) is -3.88. The van der Waals surface area contributed by atoms with Crippen molar-refractivity contribution < 1.29 is 17.4 Å². The van der Waals surface area contributed by atoms with Gasteiger partial charge in [0, 0.05) is 12.1 Å². The minimum Gasteiger partial charge on any atom is -0.378 e. The normalized spacial score (nSPS) is 14.4. The van der Waals surface area contributed by atoms with Crippen LogP contribution in [0.4, 0.5) is 5.69 Å². The second kappa shape index (κ2) is 5.32. The van der Waals surface area contributed by atoms with Crippen LogP contribution in [-0.4, -0.2) is 14.3 Å². The lowest BCUT2D eigenvalue weighted by Crippen LogP contribution is -2.19. The number of carbonyl (C=O) groups excluding carboxylic acids is 1. The van der Waals surface area contributed by atoms with E-state index < -0.39 is 10.1 Å². The number of hydrogen-bond acceptors (Lipinski definition) is 5. The molecule has 0 saturated carbocycles. The lowest BCUT2D eigenvalue weighted by atomic mass is 10.0. The predicted molar refractivity (Wildman–Crippen MR) is 80.5 cm³/mol. The molecule has 0 spiro atoms. The van der Waals surface area contributed by atoms with Gasteiger partial charge in [0.25, 0.3) is 0 Å². The quantitative estimate of drug-likeness (QED) is 0.869. The first-order valence-electron chi connectivity index (χ1n) is 6.07. The number of rotatable bonds is 3. The van der Waals surface area contributed by atoms with Crippen LogP contribution in [-0.2, 0) is 21.3 Å². The van der Waals surface area contributed by atoms with Gasteiger partial charge in [0.15, 0.2) is 4.21 Å². The molecule has 1 aliphatic heterocycles. The first-order chi connectivity index (χ1) is 9.94. The highest BCUT2D eigenvalue weighted by Crippen LogP contribution is 2.31. The second-order valence-corrected chi connectivity index (χ2v) is 7.95. The molecule has 0 saturated heterocycles. The van der Waals surface area contributed by atoms with Crippen LogP contribution in [0.15, 0.2) is 34.5 Å². The molecule has 8 heteroatoms. The molecule has 1 N–H and O–H groups in total. The Morgan fingerprint density at radius 1 is 1.19 bits per heavy atom. The van der Waals surface area contributed by atoms with Gasteiger partial charge < -0.3 is 9.50 Å². The zero-order valence-corrected chi connectivity index (χ0v) is 13.0. The summed E-state index contributed by atoms with van der Waals surface area (Å²) in [5.41, 5.74) is 1.54. The molecule has 5 nitrogen and oxygen atoms in total. The Hall–Kier alpha value is -1.57. The molecule has 0 bridgehead atoms. The van der Waals surface area contributed by atoms with Gasteiger partial charge in [0.2, 0.25) is 5.91 Å². The van der Waals surface area contributed by atoms with Crippen molar-refractivity contribution in [2.45, 2.75) is 17.1 Å². The van der Waals surface area contributed by atoms with Crippen LogP contribution in [0.25, 0.3) is 0 Å². The van der Waals surface area contributed by atoms with Crippen molar-refractivity contribution in [1.82, 2.24) is 0 Å². The number of anilines is 1. The van der Waals surface area contributed by atoms with Gasteiger partial charge in [0.05, 0.1) is 4.34 Å². The van der Waals surface area contributed by atoms with E-state index in [1.807, 2.05) is 0 Å². The molecule has 0 atom stereocenters. The summed E-state index contributed by atoms with van der Waals surface area (Å²) < 4.78 is 29.7. The summed E-state index contributed by atoms with van der Waals surface area (Å²) >= 11 is 6.67. The minimum absolute atomic E-state index is 0.0444. The number of benzene rings is 1. The summed E-state index contributed by atoms with van der Waals surface area (Å²) in [5, 5.41) is 2.73. The van der Waals surface area contributed by atoms with Crippen molar-refractivity contribution in [1.29, 1.82) is 0 Å². The van der Waals surface area contributed by atoms with Gasteiger partial charge in [-0.1, -0.05) is 11.6 Å². The van der Waals surface area contributed by atoms with Crippen molar-refractivity contribution in [3.63, 3.8) is 0 Å². The average Bonchev–Trinajstić information content (AvgIpc) is 2.86. The summed E-state index contributed by atoms with van der Waals surface area (Å²) in [6.45, 7) is 0. The van der Waals surface area contributed by atoms with Gasteiger partial charge in [-0.25, -0.2) is 0 Å². The van der Waals surface area contributed by atoms with E-state index in [0.29, 0.717) is 22.9 Å².